The third-order valence-corrected chi connectivity index (χ3v) is 2.80. The quantitative estimate of drug-likeness (QED) is 0.867. The minimum Gasteiger partial charge on any atom is -0.497 e. The van der Waals surface area contributed by atoms with Crippen molar-refractivity contribution in [3.8, 4) is 17.4 Å². The topological polar surface area (TPSA) is 73.3 Å². The van der Waals surface area contributed by atoms with E-state index in [0.717, 1.165) is 0 Å². The van der Waals surface area contributed by atoms with Crippen LogP contribution in [-0.4, -0.2) is 23.2 Å². The number of hydrogen-bond donors (Lipinski definition) is 1. The van der Waals surface area contributed by atoms with Crippen LogP contribution in [0.5, 0.6) is 17.4 Å². The highest BCUT2D eigenvalue weighted by Gasteiger charge is 2.23. The molecule has 0 spiro atoms. The molecule has 1 aromatic carbocycles. The van der Waals surface area contributed by atoms with Crippen LogP contribution >= 0.6 is 11.6 Å². The third-order valence-electron chi connectivity index (χ3n) is 2.62. The maximum absolute atomic E-state index is 12.1. The molecule has 0 radical (unpaired) electrons. The number of fused-ring (bicyclic) bond motifs is 2. The van der Waals surface area contributed by atoms with Gasteiger partial charge in [-0.15, -0.1) is 10.2 Å². The largest absolute Gasteiger partial charge is 0.497 e. The summed E-state index contributed by atoms with van der Waals surface area (Å²) in [6, 6.07) is 6.47. The molecule has 1 N–H and O–H groups in total. The van der Waals surface area contributed by atoms with Crippen LogP contribution in [0, 0.1) is 0 Å². The fraction of sp³-hybridized carbons (Fsp3) is 0.0833. The third kappa shape index (κ3) is 2.06. The number of rotatable bonds is 1. The predicted molar refractivity (Wildman–Crippen MR) is 68.1 cm³/mol. The molecule has 0 aliphatic carbocycles. The summed E-state index contributed by atoms with van der Waals surface area (Å²) in [6.45, 7) is 0. The van der Waals surface area contributed by atoms with Crippen molar-refractivity contribution in [1.29, 1.82) is 0 Å². The van der Waals surface area contributed by atoms with Crippen LogP contribution in [0.3, 0.4) is 0 Å². The maximum atomic E-state index is 12.1. The Bertz CT molecular complexity index is 675. The van der Waals surface area contributed by atoms with E-state index in [1.165, 1.54) is 6.07 Å². The fourth-order valence-corrected chi connectivity index (χ4v) is 1.86. The molecule has 0 unspecified atom stereocenters. The van der Waals surface area contributed by atoms with Gasteiger partial charge < -0.3 is 14.8 Å². The van der Waals surface area contributed by atoms with Crippen LogP contribution in [0.2, 0.25) is 5.15 Å². The van der Waals surface area contributed by atoms with Crippen LogP contribution in [-0.2, 0) is 0 Å². The Morgan fingerprint density at radius 2 is 2.16 bits per heavy atom. The van der Waals surface area contributed by atoms with E-state index < -0.39 is 0 Å². The zero-order chi connectivity index (χ0) is 13.4. The number of anilines is 1. The molecule has 0 atom stereocenters. The van der Waals surface area contributed by atoms with Gasteiger partial charge >= 0.3 is 0 Å². The van der Waals surface area contributed by atoms with Gasteiger partial charge in [-0.05, 0) is 18.2 Å². The highest BCUT2D eigenvalue weighted by Crippen LogP contribution is 2.36. The zero-order valence-corrected chi connectivity index (χ0v) is 10.6. The van der Waals surface area contributed by atoms with Gasteiger partial charge in [-0.2, -0.15) is 0 Å². The predicted octanol–water partition coefficient (Wildman–Crippen LogP) is 2.50. The van der Waals surface area contributed by atoms with Crippen molar-refractivity contribution in [3.05, 3.63) is 35.0 Å². The average molecular weight is 278 g/mol. The Morgan fingerprint density at radius 1 is 1.32 bits per heavy atom. The van der Waals surface area contributed by atoms with Gasteiger partial charge in [0, 0.05) is 6.07 Å². The van der Waals surface area contributed by atoms with E-state index in [1.54, 1.807) is 25.3 Å². The van der Waals surface area contributed by atoms with Crippen LogP contribution in [0.15, 0.2) is 24.3 Å². The summed E-state index contributed by atoms with van der Waals surface area (Å²) in [7, 11) is 1.54. The molecule has 96 valence electrons. The van der Waals surface area contributed by atoms with E-state index in [2.05, 4.69) is 15.5 Å². The Hall–Kier alpha value is -2.34. The Labute approximate surface area is 113 Å². The molecule has 0 fully saturated rings. The smallest absolute Gasteiger partial charge is 0.261 e. The van der Waals surface area contributed by atoms with E-state index in [1.807, 2.05) is 0 Å². The molecule has 3 rings (SSSR count). The summed E-state index contributed by atoms with van der Waals surface area (Å²) in [4.78, 5) is 12.1. The number of carbonyl (C=O) groups excluding carboxylic acids is 1. The van der Waals surface area contributed by atoms with Gasteiger partial charge in [-0.1, -0.05) is 11.6 Å². The van der Waals surface area contributed by atoms with Gasteiger partial charge in [0.05, 0.1) is 12.8 Å². The lowest BCUT2D eigenvalue weighted by Gasteiger charge is -2.08. The first-order valence-corrected chi connectivity index (χ1v) is 5.75. The van der Waals surface area contributed by atoms with Crippen molar-refractivity contribution < 1.29 is 14.3 Å². The summed E-state index contributed by atoms with van der Waals surface area (Å²) in [5.74, 6) is 0.826. The van der Waals surface area contributed by atoms with Crippen molar-refractivity contribution in [2.24, 2.45) is 0 Å². The lowest BCUT2D eigenvalue weighted by Crippen LogP contribution is -2.11. The highest BCUT2D eigenvalue weighted by molar-refractivity contribution is 6.29. The van der Waals surface area contributed by atoms with Crippen molar-refractivity contribution in [2.45, 2.75) is 0 Å². The van der Waals surface area contributed by atoms with E-state index in [-0.39, 0.29) is 22.5 Å². The molecule has 2 aromatic rings. The molecular weight excluding hydrogens is 270 g/mol. The maximum Gasteiger partial charge on any atom is 0.261 e. The second-order valence-electron chi connectivity index (χ2n) is 3.80. The number of benzene rings is 1. The first kappa shape index (κ1) is 11.7. The van der Waals surface area contributed by atoms with Crippen molar-refractivity contribution in [3.63, 3.8) is 0 Å². The molecule has 1 amide bonds. The standard InChI is InChI=1S/C12H8ClN3O3/c1-18-6-2-3-9-8(4-6)14-11(17)7-5-10(13)15-16-12(7)19-9/h2-5H,1H3,(H,14,17). The summed E-state index contributed by atoms with van der Waals surface area (Å²) < 4.78 is 10.7. The van der Waals surface area contributed by atoms with Crippen molar-refractivity contribution in [2.75, 3.05) is 12.4 Å². The van der Waals surface area contributed by atoms with Crippen LogP contribution < -0.4 is 14.8 Å². The molecule has 0 bridgehead atoms. The van der Waals surface area contributed by atoms with Crippen LogP contribution in [0.25, 0.3) is 0 Å². The number of aromatic nitrogens is 2. The summed E-state index contributed by atoms with van der Waals surface area (Å²) in [5, 5.41) is 10.3. The summed E-state index contributed by atoms with van der Waals surface area (Å²) >= 11 is 5.73. The minimum absolute atomic E-state index is 0.116. The molecule has 1 aliphatic heterocycles. The lowest BCUT2D eigenvalue weighted by molar-refractivity contribution is 0.102. The molecule has 1 aromatic heterocycles. The number of hydrogen-bond acceptors (Lipinski definition) is 5. The molecule has 2 heterocycles. The molecular formula is C12H8ClN3O3. The average Bonchev–Trinajstić information content (AvgIpc) is 2.54. The van der Waals surface area contributed by atoms with Crippen molar-refractivity contribution >= 4 is 23.2 Å². The lowest BCUT2D eigenvalue weighted by atomic mass is 10.2. The normalized spacial score (nSPS) is 12.6. The summed E-state index contributed by atoms with van der Waals surface area (Å²) in [6.07, 6.45) is 0. The number of amides is 1. The van der Waals surface area contributed by atoms with Crippen LogP contribution in [0.1, 0.15) is 10.4 Å². The van der Waals surface area contributed by atoms with E-state index in [0.29, 0.717) is 17.2 Å². The number of halogens is 1. The number of nitrogens with zero attached hydrogens (tertiary/aromatic N) is 2. The molecule has 19 heavy (non-hydrogen) atoms. The molecule has 0 saturated carbocycles. The number of carbonyl (C=O) groups is 1. The number of methoxy groups -OCH3 is 1. The van der Waals surface area contributed by atoms with E-state index >= 15 is 0 Å². The van der Waals surface area contributed by atoms with E-state index in [9.17, 15) is 4.79 Å². The van der Waals surface area contributed by atoms with Gasteiger partial charge in [0.25, 0.3) is 11.8 Å². The molecule has 7 heteroatoms. The summed E-state index contributed by atoms with van der Waals surface area (Å²) in [5.41, 5.74) is 0.730. The van der Waals surface area contributed by atoms with Gasteiger partial charge in [-0.3, -0.25) is 4.79 Å². The number of nitrogens with one attached hydrogen (secondary N) is 1. The second-order valence-corrected chi connectivity index (χ2v) is 4.19. The van der Waals surface area contributed by atoms with E-state index in [4.69, 9.17) is 21.1 Å². The van der Waals surface area contributed by atoms with Crippen molar-refractivity contribution in [1.82, 2.24) is 10.2 Å². The first-order valence-electron chi connectivity index (χ1n) is 5.38. The zero-order valence-electron chi connectivity index (χ0n) is 9.81. The molecule has 1 aliphatic rings. The SMILES string of the molecule is COc1ccc2c(c1)NC(=O)c1cc(Cl)nnc1O2. The minimum atomic E-state index is -0.362. The Balaban J connectivity index is 2.11. The second kappa shape index (κ2) is 4.40. The van der Waals surface area contributed by atoms with Gasteiger partial charge in [0.1, 0.15) is 11.3 Å². The van der Waals surface area contributed by atoms with Gasteiger partial charge in [0.15, 0.2) is 10.9 Å². The molecule has 0 saturated heterocycles. The van der Waals surface area contributed by atoms with Gasteiger partial charge in [0.2, 0.25) is 0 Å². The van der Waals surface area contributed by atoms with Crippen LogP contribution in [0.4, 0.5) is 5.69 Å². The highest BCUT2D eigenvalue weighted by atomic mass is 35.5. The Kier molecular flexibility index (Phi) is 2.72. The monoisotopic (exact) mass is 277 g/mol. The Morgan fingerprint density at radius 3 is 2.95 bits per heavy atom. The number of ether oxygens (including phenoxy) is 2. The first-order chi connectivity index (χ1) is 9.17. The van der Waals surface area contributed by atoms with Gasteiger partial charge in [-0.25, -0.2) is 0 Å². The fourth-order valence-electron chi connectivity index (χ4n) is 1.71. The molecule has 6 nitrogen and oxygen atoms in total.